The predicted octanol–water partition coefficient (Wildman–Crippen LogP) is 1.68. The number of rotatable bonds is 3. The summed E-state index contributed by atoms with van der Waals surface area (Å²) in [5.41, 5.74) is 6.66. The lowest BCUT2D eigenvalue weighted by atomic mass is 10.2. The van der Waals surface area contributed by atoms with E-state index in [1.54, 1.807) is 25.3 Å². The van der Waals surface area contributed by atoms with Crippen molar-refractivity contribution in [3.8, 4) is 11.4 Å². The third kappa shape index (κ3) is 1.97. The standard InChI is InChI=1S/C11H12N4O3/c1-7-6-14(13-11(7)12)9-4-3-8(18-2)5-10(9)15(16)17/h3-6H,1-2H3,(H2,12,13). The lowest BCUT2D eigenvalue weighted by molar-refractivity contribution is -0.384. The number of nitro benzene ring substituents is 1. The molecule has 0 saturated heterocycles. The zero-order chi connectivity index (χ0) is 13.3. The number of aryl methyl sites for hydroxylation is 1. The van der Waals surface area contributed by atoms with Crippen molar-refractivity contribution in [2.24, 2.45) is 0 Å². The van der Waals surface area contributed by atoms with E-state index in [1.165, 1.54) is 17.9 Å². The van der Waals surface area contributed by atoms with Crippen molar-refractivity contribution in [1.29, 1.82) is 0 Å². The summed E-state index contributed by atoms with van der Waals surface area (Å²) in [6.45, 7) is 1.79. The van der Waals surface area contributed by atoms with Gasteiger partial charge in [0.2, 0.25) is 0 Å². The molecule has 1 heterocycles. The second-order valence-electron chi connectivity index (χ2n) is 3.75. The molecule has 0 bridgehead atoms. The zero-order valence-corrected chi connectivity index (χ0v) is 9.95. The number of anilines is 1. The van der Waals surface area contributed by atoms with E-state index in [0.29, 0.717) is 17.3 Å². The van der Waals surface area contributed by atoms with Crippen LogP contribution in [0.15, 0.2) is 24.4 Å². The first-order chi connectivity index (χ1) is 8.52. The van der Waals surface area contributed by atoms with Crippen LogP contribution in [0.2, 0.25) is 0 Å². The van der Waals surface area contributed by atoms with E-state index in [2.05, 4.69) is 5.10 Å². The Morgan fingerprint density at radius 3 is 2.72 bits per heavy atom. The lowest BCUT2D eigenvalue weighted by Crippen LogP contribution is -2.01. The molecule has 0 radical (unpaired) electrons. The number of nitrogens with zero attached hydrogens (tertiary/aromatic N) is 3. The van der Waals surface area contributed by atoms with Crippen LogP contribution in [0, 0.1) is 17.0 Å². The minimum atomic E-state index is -0.481. The molecule has 7 heteroatoms. The van der Waals surface area contributed by atoms with Gasteiger partial charge in [0.25, 0.3) is 5.69 Å². The number of aromatic nitrogens is 2. The number of hydrogen-bond donors (Lipinski definition) is 1. The molecule has 2 N–H and O–H groups in total. The molecule has 0 aliphatic heterocycles. The third-order valence-electron chi connectivity index (χ3n) is 2.56. The first kappa shape index (κ1) is 11.9. The Labute approximate surface area is 103 Å². The fourth-order valence-corrected chi connectivity index (χ4v) is 1.57. The van der Waals surface area contributed by atoms with Crippen LogP contribution in [0.1, 0.15) is 5.56 Å². The van der Waals surface area contributed by atoms with Crippen molar-refractivity contribution < 1.29 is 9.66 Å². The van der Waals surface area contributed by atoms with Crippen LogP contribution in [-0.4, -0.2) is 21.8 Å². The van der Waals surface area contributed by atoms with Gasteiger partial charge in [0.05, 0.1) is 18.1 Å². The number of nitrogens with two attached hydrogens (primary N) is 1. The monoisotopic (exact) mass is 248 g/mol. The highest BCUT2D eigenvalue weighted by atomic mass is 16.6. The van der Waals surface area contributed by atoms with Crippen molar-refractivity contribution in [2.75, 3.05) is 12.8 Å². The minimum Gasteiger partial charge on any atom is -0.496 e. The average Bonchev–Trinajstić information content (AvgIpc) is 2.68. The molecule has 0 saturated carbocycles. The summed E-state index contributed by atoms with van der Waals surface area (Å²) in [6, 6.07) is 4.56. The highest BCUT2D eigenvalue weighted by Crippen LogP contribution is 2.28. The number of nitro groups is 1. The second-order valence-corrected chi connectivity index (χ2v) is 3.75. The molecule has 18 heavy (non-hydrogen) atoms. The molecule has 94 valence electrons. The first-order valence-corrected chi connectivity index (χ1v) is 5.17. The maximum Gasteiger partial charge on any atom is 0.298 e. The van der Waals surface area contributed by atoms with Gasteiger partial charge in [0, 0.05) is 11.8 Å². The number of methoxy groups -OCH3 is 1. The van der Waals surface area contributed by atoms with Crippen molar-refractivity contribution in [2.45, 2.75) is 6.92 Å². The summed E-state index contributed by atoms with van der Waals surface area (Å²) in [5, 5.41) is 15.1. The quantitative estimate of drug-likeness (QED) is 0.658. The van der Waals surface area contributed by atoms with Gasteiger partial charge in [-0.1, -0.05) is 0 Å². The van der Waals surface area contributed by atoms with Crippen LogP contribution in [-0.2, 0) is 0 Å². The van der Waals surface area contributed by atoms with Gasteiger partial charge in [0.15, 0.2) is 0 Å². The van der Waals surface area contributed by atoms with E-state index in [1.807, 2.05) is 0 Å². The Balaban J connectivity index is 2.59. The van der Waals surface area contributed by atoms with E-state index in [0.717, 1.165) is 5.56 Å². The zero-order valence-electron chi connectivity index (χ0n) is 9.95. The van der Waals surface area contributed by atoms with Gasteiger partial charge in [-0.25, -0.2) is 4.68 Å². The largest absolute Gasteiger partial charge is 0.496 e. The fraction of sp³-hybridized carbons (Fsp3) is 0.182. The van der Waals surface area contributed by atoms with E-state index < -0.39 is 4.92 Å². The summed E-state index contributed by atoms with van der Waals surface area (Å²) in [4.78, 5) is 10.6. The van der Waals surface area contributed by atoms with Gasteiger partial charge in [-0.15, -0.1) is 0 Å². The molecule has 2 aromatic rings. The molecule has 0 spiro atoms. The molecule has 1 aromatic heterocycles. The maximum atomic E-state index is 11.0. The molecule has 0 unspecified atom stereocenters. The van der Waals surface area contributed by atoms with E-state index in [9.17, 15) is 10.1 Å². The first-order valence-electron chi connectivity index (χ1n) is 5.17. The maximum absolute atomic E-state index is 11.0. The van der Waals surface area contributed by atoms with Crippen molar-refractivity contribution in [1.82, 2.24) is 9.78 Å². The molecule has 0 aliphatic rings. The smallest absolute Gasteiger partial charge is 0.298 e. The Kier molecular flexibility index (Phi) is 2.88. The Morgan fingerprint density at radius 1 is 1.50 bits per heavy atom. The van der Waals surface area contributed by atoms with Crippen molar-refractivity contribution in [3.63, 3.8) is 0 Å². The van der Waals surface area contributed by atoms with Crippen LogP contribution in [0.3, 0.4) is 0 Å². The van der Waals surface area contributed by atoms with Gasteiger partial charge in [-0.2, -0.15) is 5.10 Å². The van der Waals surface area contributed by atoms with Gasteiger partial charge in [-0.05, 0) is 19.1 Å². The molecular formula is C11H12N4O3. The Hall–Kier alpha value is -2.57. The molecule has 1 aromatic carbocycles. The van der Waals surface area contributed by atoms with Crippen LogP contribution in [0.5, 0.6) is 5.75 Å². The summed E-state index contributed by atoms with van der Waals surface area (Å²) < 4.78 is 6.36. The SMILES string of the molecule is COc1ccc(-n2cc(C)c(N)n2)c([N+](=O)[O-])c1. The van der Waals surface area contributed by atoms with Crippen LogP contribution in [0.4, 0.5) is 11.5 Å². The Bertz CT molecular complexity index is 587. The van der Waals surface area contributed by atoms with Crippen LogP contribution in [0.25, 0.3) is 5.69 Å². The second kappa shape index (κ2) is 4.36. The van der Waals surface area contributed by atoms with Gasteiger partial charge >= 0.3 is 0 Å². The molecule has 7 nitrogen and oxygen atoms in total. The average molecular weight is 248 g/mol. The highest BCUT2D eigenvalue weighted by molar-refractivity contribution is 5.56. The van der Waals surface area contributed by atoms with Crippen molar-refractivity contribution in [3.05, 3.63) is 40.1 Å². The summed E-state index contributed by atoms with van der Waals surface area (Å²) in [6.07, 6.45) is 1.64. The number of hydrogen-bond acceptors (Lipinski definition) is 5. The summed E-state index contributed by atoms with van der Waals surface area (Å²) in [5.74, 6) is 0.766. The number of nitrogen functional groups attached to an aromatic ring is 1. The van der Waals surface area contributed by atoms with Gasteiger partial charge in [0.1, 0.15) is 17.3 Å². The molecule has 0 atom stereocenters. The summed E-state index contributed by atoms with van der Waals surface area (Å²) in [7, 11) is 1.45. The highest BCUT2D eigenvalue weighted by Gasteiger charge is 2.18. The molecule has 2 rings (SSSR count). The Morgan fingerprint density at radius 2 is 2.22 bits per heavy atom. The predicted molar refractivity (Wildman–Crippen MR) is 65.9 cm³/mol. The molecule has 0 aliphatic carbocycles. The minimum absolute atomic E-state index is 0.0862. The van der Waals surface area contributed by atoms with Gasteiger partial charge < -0.3 is 10.5 Å². The van der Waals surface area contributed by atoms with Crippen LogP contribution >= 0.6 is 0 Å². The lowest BCUT2D eigenvalue weighted by Gasteiger charge is -2.05. The van der Waals surface area contributed by atoms with Gasteiger partial charge in [-0.3, -0.25) is 10.1 Å². The fourth-order valence-electron chi connectivity index (χ4n) is 1.57. The molecule has 0 amide bonds. The van der Waals surface area contributed by atoms with E-state index in [-0.39, 0.29) is 5.69 Å². The third-order valence-corrected chi connectivity index (χ3v) is 2.56. The normalized spacial score (nSPS) is 10.3. The van der Waals surface area contributed by atoms with E-state index >= 15 is 0 Å². The topological polar surface area (TPSA) is 96.2 Å². The number of benzene rings is 1. The van der Waals surface area contributed by atoms with Crippen LogP contribution < -0.4 is 10.5 Å². The van der Waals surface area contributed by atoms with Crippen molar-refractivity contribution >= 4 is 11.5 Å². The van der Waals surface area contributed by atoms with E-state index in [4.69, 9.17) is 10.5 Å². The molecular weight excluding hydrogens is 236 g/mol. The number of ether oxygens (including phenoxy) is 1. The summed E-state index contributed by atoms with van der Waals surface area (Å²) >= 11 is 0. The molecule has 0 fully saturated rings.